The van der Waals surface area contributed by atoms with Crippen molar-refractivity contribution in [3.05, 3.63) is 208 Å². The Balaban J connectivity index is 0.000000130. The predicted molar refractivity (Wildman–Crippen MR) is 250 cm³/mol. The Morgan fingerprint density at radius 2 is 0.857 bits per heavy atom. The second kappa shape index (κ2) is 19.3. The normalized spacial score (nSPS) is 18.1. The minimum absolute atomic E-state index is 0.0909. The highest BCUT2D eigenvalue weighted by Crippen LogP contribution is 2.37. The highest BCUT2D eigenvalue weighted by Gasteiger charge is 2.28. The van der Waals surface area contributed by atoms with Crippen molar-refractivity contribution in [1.82, 2.24) is 0 Å². The summed E-state index contributed by atoms with van der Waals surface area (Å²) in [6, 6.07) is 54.4. The summed E-state index contributed by atoms with van der Waals surface area (Å²) in [5, 5.41) is 3.15. The zero-order chi connectivity index (χ0) is 43.9. The predicted octanol–water partition coefficient (Wildman–Crippen LogP) is 13.1. The fourth-order valence-electron chi connectivity index (χ4n) is 8.59. The monoisotopic (exact) mass is 854 g/mol. The lowest BCUT2D eigenvalue weighted by atomic mass is 9.84. The van der Waals surface area contributed by atoms with Gasteiger partial charge in [0.05, 0.1) is 19.3 Å². The summed E-state index contributed by atoms with van der Waals surface area (Å²) in [4.78, 5) is 36.0. The van der Waals surface area contributed by atoms with Gasteiger partial charge in [0, 0.05) is 5.02 Å². The highest BCUT2D eigenvalue weighted by atomic mass is 35.5. The van der Waals surface area contributed by atoms with Gasteiger partial charge in [-0.25, -0.2) is 0 Å². The van der Waals surface area contributed by atoms with Crippen LogP contribution in [0.5, 0.6) is 17.2 Å². The molecule has 63 heavy (non-hydrogen) atoms. The number of hydrogen-bond acceptors (Lipinski definition) is 6. The lowest BCUT2D eigenvalue weighted by Gasteiger charge is -2.21. The van der Waals surface area contributed by atoms with Crippen molar-refractivity contribution in [2.24, 2.45) is 0 Å². The smallest absolute Gasteiger partial charge is 0.311 e. The van der Waals surface area contributed by atoms with Crippen LogP contribution in [0.4, 0.5) is 0 Å². The topological polar surface area (TPSA) is 78.9 Å². The molecule has 318 valence electrons. The molecule has 0 N–H and O–H groups in total. The van der Waals surface area contributed by atoms with Gasteiger partial charge >= 0.3 is 17.9 Å². The maximum absolute atomic E-state index is 12.1. The summed E-state index contributed by atoms with van der Waals surface area (Å²) < 4.78 is 16.4. The van der Waals surface area contributed by atoms with Gasteiger partial charge < -0.3 is 14.2 Å². The van der Waals surface area contributed by atoms with Crippen LogP contribution in [0.25, 0.3) is 10.8 Å². The minimum atomic E-state index is -0.176. The number of fused-ring (bicyclic) bond motifs is 4. The van der Waals surface area contributed by atoms with E-state index < -0.39 is 0 Å². The quantitative estimate of drug-likeness (QED) is 0.130. The molecule has 3 aliphatic heterocycles. The number of esters is 3. The van der Waals surface area contributed by atoms with Gasteiger partial charge in [0.1, 0.15) is 17.2 Å². The molecule has 0 spiro atoms. The Hall–Kier alpha value is -6.50. The minimum Gasteiger partial charge on any atom is -0.426 e. The number of benzene rings is 7. The van der Waals surface area contributed by atoms with Crippen molar-refractivity contribution in [2.75, 3.05) is 0 Å². The molecule has 0 fully saturated rings. The summed E-state index contributed by atoms with van der Waals surface area (Å²) >= 11 is 5.90. The average molecular weight is 855 g/mol. The van der Waals surface area contributed by atoms with Gasteiger partial charge in [0.2, 0.25) is 0 Å². The van der Waals surface area contributed by atoms with Crippen LogP contribution in [0.2, 0.25) is 5.02 Å². The summed E-state index contributed by atoms with van der Waals surface area (Å²) in [6.07, 6.45) is 3.74. The molecule has 0 amide bonds. The van der Waals surface area contributed by atoms with E-state index in [1.807, 2.05) is 109 Å². The third kappa shape index (κ3) is 10.9. The van der Waals surface area contributed by atoms with Crippen molar-refractivity contribution in [3.8, 4) is 17.2 Å². The van der Waals surface area contributed by atoms with Crippen LogP contribution in [-0.2, 0) is 39.1 Å². The summed E-state index contributed by atoms with van der Waals surface area (Å²) in [6.45, 7) is 6.60. The summed E-state index contributed by atoms with van der Waals surface area (Å²) in [5.41, 5.74) is 8.20. The maximum atomic E-state index is 12.1. The van der Waals surface area contributed by atoms with Gasteiger partial charge in [-0.1, -0.05) is 166 Å². The van der Waals surface area contributed by atoms with Crippen molar-refractivity contribution >= 4 is 40.3 Å². The lowest BCUT2D eigenvalue weighted by Crippen LogP contribution is -2.12. The van der Waals surface area contributed by atoms with E-state index in [1.165, 1.54) is 27.5 Å². The largest absolute Gasteiger partial charge is 0.426 e. The van der Waals surface area contributed by atoms with Crippen molar-refractivity contribution in [3.63, 3.8) is 0 Å². The molecular weight excluding hydrogens is 804 g/mol. The van der Waals surface area contributed by atoms with E-state index in [1.54, 1.807) is 0 Å². The Labute approximate surface area is 374 Å². The fraction of sp³-hybridized carbons (Fsp3) is 0.232. The van der Waals surface area contributed by atoms with E-state index in [0.29, 0.717) is 35.8 Å². The van der Waals surface area contributed by atoms with Gasteiger partial charge in [-0.15, -0.1) is 0 Å². The molecule has 7 aromatic carbocycles. The van der Waals surface area contributed by atoms with E-state index in [0.717, 1.165) is 47.3 Å². The molecule has 10 rings (SSSR count). The van der Waals surface area contributed by atoms with Crippen molar-refractivity contribution in [1.29, 1.82) is 0 Å². The van der Waals surface area contributed by atoms with Crippen LogP contribution in [0.1, 0.15) is 96.7 Å². The Morgan fingerprint density at radius 1 is 0.413 bits per heavy atom. The highest BCUT2D eigenvalue weighted by molar-refractivity contribution is 6.30. The van der Waals surface area contributed by atoms with Crippen LogP contribution >= 0.6 is 11.6 Å². The first kappa shape index (κ1) is 43.2. The molecule has 3 heterocycles. The van der Waals surface area contributed by atoms with Gasteiger partial charge in [-0.2, -0.15) is 0 Å². The van der Waals surface area contributed by atoms with E-state index in [2.05, 4.69) is 75.4 Å². The van der Waals surface area contributed by atoms with E-state index in [-0.39, 0.29) is 41.1 Å². The first-order valence-electron chi connectivity index (χ1n) is 21.7. The van der Waals surface area contributed by atoms with Crippen LogP contribution in [-0.4, -0.2) is 17.9 Å². The molecular formula is C56H51ClO6. The second-order valence-electron chi connectivity index (χ2n) is 17.6. The number of carbonyl (C=O) groups is 3. The van der Waals surface area contributed by atoms with Crippen molar-refractivity contribution in [2.45, 2.75) is 82.5 Å². The van der Waals surface area contributed by atoms with Gasteiger partial charge in [-0.3, -0.25) is 14.4 Å². The average Bonchev–Trinajstić information content (AvgIpc) is 3.65. The number of rotatable bonds is 3. The molecule has 0 unspecified atom stereocenters. The molecule has 0 radical (unpaired) electrons. The van der Waals surface area contributed by atoms with Crippen LogP contribution in [0, 0.1) is 0 Å². The molecule has 6 nitrogen and oxygen atoms in total. The third-order valence-corrected chi connectivity index (χ3v) is 12.3. The molecule has 3 atom stereocenters. The molecule has 0 saturated heterocycles. The molecule has 7 aromatic rings. The Morgan fingerprint density at radius 3 is 1.43 bits per heavy atom. The van der Waals surface area contributed by atoms with Gasteiger partial charge in [-0.05, 0) is 122 Å². The third-order valence-electron chi connectivity index (χ3n) is 12.0. The second-order valence-corrected chi connectivity index (χ2v) is 18.0. The first-order chi connectivity index (χ1) is 30.4. The summed E-state index contributed by atoms with van der Waals surface area (Å²) in [7, 11) is 0. The number of para-hydroxylation sites is 2. The van der Waals surface area contributed by atoms with Crippen LogP contribution in [0.3, 0.4) is 0 Å². The number of ether oxygens (including phenoxy) is 3. The van der Waals surface area contributed by atoms with Crippen LogP contribution in [0.15, 0.2) is 164 Å². The fourth-order valence-corrected chi connectivity index (χ4v) is 8.71. The number of halogens is 1. The van der Waals surface area contributed by atoms with Crippen LogP contribution < -0.4 is 14.2 Å². The van der Waals surface area contributed by atoms with Gasteiger partial charge in [0.15, 0.2) is 0 Å². The van der Waals surface area contributed by atoms with Gasteiger partial charge in [0.25, 0.3) is 0 Å². The maximum Gasteiger partial charge on any atom is 0.311 e. The first-order valence-corrected chi connectivity index (χ1v) is 22.0. The Kier molecular flexibility index (Phi) is 13.2. The summed E-state index contributed by atoms with van der Waals surface area (Å²) in [5.74, 6) is 2.14. The molecule has 0 saturated carbocycles. The standard InChI is InChI=1S/C20H16O2.C20H22O2.C16H13ClO2/c21-20-13-18(12-17-7-3-4-8-19(17)22-20)16-10-9-14-5-1-2-6-15(14)11-16;1-20(2,3)17-9-10-18-16(12-17)11-15(13-19(21)22-18)14-7-5-4-6-8-14;17-14-7-5-11(6-8-14)13-9-12-3-1-2-4-15(12)19-16(18)10-13/h1-11,18H,12-13H2;4-10,12,15H,11,13H2,1-3H3;1-8,13H,9-10H2/t18-;15-;13-/m111/s1. The van der Waals surface area contributed by atoms with E-state index >= 15 is 0 Å². The van der Waals surface area contributed by atoms with Crippen molar-refractivity contribution < 1.29 is 28.6 Å². The molecule has 0 aromatic heterocycles. The molecule has 3 aliphatic rings. The zero-order valence-corrected chi connectivity index (χ0v) is 36.6. The molecule has 7 heteroatoms. The Bertz CT molecular complexity index is 2730. The lowest BCUT2D eigenvalue weighted by molar-refractivity contribution is -0.135. The zero-order valence-electron chi connectivity index (χ0n) is 35.9. The number of carbonyl (C=O) groups excluding carboxylic acids is 3. The molecule has 0 bridgehead atoms. The number of hydrogen-bond donors (Lipinski definition) is 0. The van der Waals surface area contributed by atoms with E-state index in [4.69, 9.17) is 25.8 Å². The molecule has 0 aliphatic carbocycles. The van der Waals surface area contributed by atoms with E-state index in [9.17, 15) is 14.4 Å². The SMILES string of the molecule is CC(C)(C)c1ccc2c(c1)C[C@@H](c1ccccc1)CC(=O)O2.O=C1C[C@H](c2ccc(Cl)cc2)Cc2ccccc2O1.O=C1C[C@H](c2ccc3ccccc3c2)Cc2ccccc2O1.